The first-order valence-corrected chi connectivity index (χ1v) is 16.1. The highest BCUT2D eigenvalue weighted by Crippen LogP contribution is 2.64. The van der Waals surface area contributed by atoms with Crippen molar-refractivity contribution in [2.75, 3.05) is 19.6 Å². The third-order valence-corrected chi connectivity index (χ3v) is 10.8. The molecule has 2 heterocycles. The molecule has 2 bridgehead atoms. The SMILES string of the molecule is CC(=O)OC1CC1CN1CC[C@]23c4c5ccc(O)c4O[C@H]2[C@@H](N(CC(C)C)C(=O)C=Cc2cccc(C)c2)CC[C@H]3[C@H]1C5. The van der Waals surface area contributed by atoms with E-state index < -0.39 is 0 Å². The maximum Gasteiger partial charge on any atom is 0.302 e. The third-order valence-electron chi connectivity index (χ3n) is 10.8. The van der Waals surface area contributed by atoms with Crippen LogP contribution in [0.3, 0.4) is 0 Å². The highest BCUT2D eigenvalue weighted by Gasteiger charge is 2.67. The number of carbonyl (C=O) groups is 2. The van der Waals surface area contributed by atoms with Gasteiger partial charge in [-0.15, -0.1) is 0 Å². The number of amides is 1. The average Bonchev–Trinajstić information content (AvgIpc) is 3.58. The Kier molecular flexibility index (Phi) is 7.07. The molecule has 1 spiro atoms. The van der Waals surface area contributed by atoms with Crippen LogP contribution in [0.25, 0.3) is 6.08 Å². The van der Waals surface area contributed by atoms with Gasteiger partial charge in [-0.05, 0) is 80.7 Å². The van der Waals surface area contributed by atoms with Crippen molar-refractivity contribution in [2.24, 2.45) is 17.8 Å². The Labute approximate surface area is 254 Å². The molecule has 7 atom stereocenters. The van der Waals surface area contributed by atoms with Crippen molar-refractivity contribution in [2.45, 2.75) is 89.5 Å². The van der Waals surface area contributed by atoms with Gasteiger partial charge in [-0.2, -0.15) is 0 Å². The zero-order valence-electron chi connectivity index (χ0n) is 25.8. The average molecular weight is 585 g/mol. The van der Waals surface area contributed by atoms with Crippen LogP contribution < -0.4 is 4.74 Å². The van der Waals surface area contributed by atoms with Crippen LogP contribution in [-0.4, -0.2) is 70.7 Å². The fraction of sp³-hybridized carbons (Fsp3) is 0.556. The van der Waals surface area contributed by atoms with Gasteiger partial charge >= 0.3 is 5.97 Å². The van der Waals surface area contributed by atoms with Gasteiger partial charge in [0.25, 0.3) is 0 Å². The normalized spacial score (nSPS) is 31.9. The molecule has 5 aliphatic rings. The van der Waals surface area contributed by atoms with Crippen LogP contribution in [0.15, 0.2) is 42.5 Å². The van der Waals surface area contributed by atoms with Crippen LogP contribution in [0.5, 0.6) is 11.5 Å². The predicted octanol–water partition coefficient (Wildman–Crippen LogP) is 5.26. The largest absolute Gasteiger partial charge is 0.504 e. The third kappa shape index (κ3) is 4.84. The Morgan fingerprint density at radius 1 is 1.23 bits per heavy atom. The summed E-state index contributed by atoms with van der Waals surface area (Å²) in [7, 11) is 0. The van der Waals surface area contributed by atoms with Crippen LogP contribution in [0.2, 0.25) is 0 Å². The number of piperidine rings is 1. The summed E-state index contributed by atoms with van der Waals surface area (Å²) in [6.45, 7) is 10.4. The number of rotatable bonds is 8. The Balaban J connectivity index is 1.20. The van der Waals surface area contributed by atoms with E-state index in [0.29, 0.717) is 36.1 Å². The van der Waals surface area contributed by atoms with Gasteiger partial charge in [0.15, 0.2) is 11.5 Å². The van der Waals surface area contributed by atoms with Crippen molar-refractivity contribution in [3.05, 3.63) is 64.7 Å². The topological polar surface area (TPSA) is 79.3 Å². The van der Waals surface area contributed by atoms with E-state index in [9.17, 15) is 14.7 Å². The lowest BCUT2D eigenvalue weighted by Crippen LogP contribution is -2.69. The number of ether oxygens (including phenoxy) is 2. The Bertz CT molecular complexity index is 1470. The van der Waals surface area contributed by atoms with Gasteiger partial charge < -0.3 is 19.5 Å². The number of benzene rings is 2. The van der Waals surface area contributed by atoms with E-state index in [1.54, 1.807) is 12.1 Å². The number of nitrogens with zero attached hydrogens (tertiary/aromatic N) is 2. The molecule has 1 N–H and O–H groups in total. The zero-order chi connectivity index (χ0) is 30.0. The summed E-state index contributed by atoms with van der Waals surface area (Å²) in [5.41, 5.74) is 4.45. The molecule has 1 amide bonds. The number of phenols is 1. The number of aromatic hydroxyl groups is 1. The number of phenolic OH excluding ortho intramolecular Hbond substituents is 1. The van der Waals surface area contributed by atoms with E-state index in [2.05, 4.69) is 48.8 Å². The minimum atomic E-state index is -0.222. The molecule has 3 aliphatic carbocycles. The second-order valence-electron chi connectivity index (χ2n) is 14.1. The molecule has 7 nitrogen and oxygen atoms in total. The minimum absolute atomic E-state index is 0.0223. The smallest absolute Gasteiger partial charge is 0.302 e. The molecule has 2 saturated carbocycles. The number of likely N-dealkylation sites (tertiary alicyclic amines) is 1. The van der Waals surface area contributed by atoms with Gasteiger partial charge in [-0.25, -0.2) is 0 Å². The number of hydrogen-bond acceptors (Lipinski definition) is 6. The first-order valence-electron chi connectivity index (χ1n) is 16.1. The second-order valence-corrected chi connectivity index (χ2v) is 14.1. The number of aryl methyl sites for hydroxylation is 1. The van der Waals surface area contributed by atoms with Gasteiger partial charge in [0.1, 0.15) is 12.2 Å². The molecule has 2 unspecified atom stereocenters. The molecule has 228 valence electrons. The van der Waals surface area contributed by atoms with Crippen LogP contribution in [0.1, 0.15) is 68.7 Å². The molecular weight excluding hydrogens is 540 g/mol. The molecule has 43 heavy (non-hydrogen) atoms. The van der Waals surface area contributed by atoms with E-state index in [1.807, 2.05) is 18.2 Å². The maximum atomic E-state index is 14.0. The molecule has 2 aromatic rings. The van der Waals surface area contributed by atoms with Crippen LogP contribution in [-0.2, 0) is 26.2 Å². The molecule has 1 saturated heterocycles. The first-order chi connectivity index (χ1) is 20.7. The van der Waals surface area contributed by atoms with Crippen LogP contribution in [0.4, 0.5) is 0 Å². The van der Waals surface area contributed by atoms with Gasteiger partial charge in [0, 0.05) is 49.0 Å². The number of hydrogen-bond donors (Lipinski definition) is 1. The summed E-state index contributed by atoms with van der Waals surface area (Å²) in [5.74, 6) is 1.80. The van der Waals surface area contributed by atoms with E-state index in [0.717, 1.165) is 50.8 Å². The highest BCUT2D eigenvalue weighted by molar-refractivity contribution is 5.92. The quantitative estimate of drug-likeness (QED) is 0.337. The van der Waals surface area contributed by atoms with Gasteiger partial charge in [0.2, 0.25) is 5.91 Å². The Morgan fingerprint density at radius 3 is 2.84 bits per heavy atom. The van der Waals surface area contributed by atoms with Crippen molar-refractivity contribution in [3.8, 4) is 11.5 Å². The summed E-state index contributed by atoms with van der Waals surface area (Å²) in [4.78, 5) is 30.2. The van der Waals surface area contributed by atoms with Crippen molar-refractivity contribution in [3.63, 3.8) is 0 Å². The Morgan fingerprint density at radius 2 is 2.07 bits per heavy atom. The molecule has 7 heteroatoms. The van der Waals surface area contributed by atoms with Crippen molar-refractivity contribution in [1.29, 1.82) is 0 Å². The number of carbonyl (C=O) groups excluding carboxylic acids is 2. The summed E-state index contributed by atoms with van der Waals surface area (Å²) in [6, 6.07) is 12.4. The lowest BCUT2D eigenvalue weighted by molar-refractivity contribution is -0.142. The van der Waals surface area contributed by atoms with Crippen LogP contribution in [0, 0.1) is 24.7 Å². The van der Waals surface area contributed by atoms with E-state index in [4.69, 9.17) is 9.47 Å². The minimum Gasteiger partial charge on any atom is -0.504 e. The summed E-state index contributed by atoms with van der Waals surface area (Å²) in [6.07, 6.45) is 8.23. The fourth-order valence-corrected chi connectivity index (χ4v) is 9.03. The van der Waals surface area contributed by atoms with E-state index in [-0.39, 0.29) is 41.3 Å². The van der Waals surface area contributed by atoms with E-state index in [1.165, 1.54) is 23.6 Å². The molecule has 2 aliphatic heterocycles. The molecule has 2 aromatic carbocycles. The maximum absolute atomic E-state index is 14.0. The number of esters is 1. The predicted molar refractivity (Wildman–Crippen MR) is 165 cm³/mol. The van der Waals surface area contributed by atoms with Gasteiger partial charge in [0.05, 0.1) is 6.04 Å². The van der Waals surface area contributed by atoms with Crippen molar-refractivity contribution < 1.29 is 24.2 Å². The monoisotopic (exact) mass is 584 g/mol. The molecule has 3 fully saturated rings. The zero-order valence-corrected chi connectivity index (χ0v) is 25.8. The van der Waals surface area contributed by atoms with Crippen LogP contribution >= 0.6 is 0 Å². The molecule has 0 aromatic heterocycles. The van der Waals surface area contributed by atoms with Gasteiger partial charge in [-0.1, -0.05) is 49.7 Å². The molecule has 0 radical (unpaired) electrons. The lowest BCUT2D eigenvalue weighted by Gasteiger charge is -2.60. The standard InChI is InChI=1S/C36H44N2O5/c1-21(2)19-38(32(41)13-8-24-7-5-6-22(3)16-24)28-11-10-27-29-17-25-9-12-30(40)34-33(25)36(27,35(28)43-34)14-15-37(29)20-26-18-31(26)42-23(4)39/h5-9,12-13,16,21,26-29,31,35,40H,10-11,14-15,17-20H2,1-4H3/t26?,27-,28-,29+,31?,35-,36-/m0/s1. The molecule has 7 rings (SSSR count). The van der Waals surface area contributed by atoms with E-state index >= 15 is 0 Å². The lowest BCUT2D eigenvalue weighted by atomic mass is 9.51. The second kappa shape index (κ2) is 10.7. The van der Waals surface area contributed by atoms with Gasteiger partial charge in [-0.3, -0.25) is 14.5 Å². The molecular formula is C36H44N2O5. The first kappa shape index (κ1) is 28.5. The summed E-state index contributed by atoms with van der Waals surface area (Å²) < 4.78 is 12.4. The van der Waals surface area contributed by atoms with Crippen molar-refractivity contribution >= 4 is 18.0 Å². The van der Waals surface area contributed by atoms with Crippen molar-refractivity contribution in [1.82, 2.24) is 9.80 Å². The summed E-state index contributed by atoms with van der Waals surface area (Å²) >= 11 is 0. The summed E-state index contributed by atoms with van der Waals surface area (Å²) in [5, 5.41) is 11.0. The Hall–Kier alpha value is -3.32. The fourth-order valence-electron chi connectivity index (χ4n) is 9.03. The highest BCUT2D eigenvalue weighted by atomic mass is 16.5.